The number of benzene rings is 3. The van der Waals surface area contributed by atoms with Crippen molar-refractivity contribution in [3.63, 3.8) is 0 Å². The van der Waals surface area contributed by atoms with E-state index in [9.17, 15) is 19.1 Å². The SMILES string of the molecule is Nc1cccc(NC(=O)CN(C(=O)c2ccccc2O)[C@@H]2CCc3c(F)cc(Cl)cc32)c1. The molecule has 0 spiro atoms. The van der Waals surface area contributed by atoms with Gasteiger partial charge in [0, 0.05) is 16.4 Å². The predicted octanol–water partition coefficient (Wildman–Crippen LogP) is 4.54. The Balaban J connectivity index is 1.68. The Morgan fingerprint density at radius 3 is 2.69 bits per heavy atom. The van der Waals surface area contributed by atoms with Gasteiger partial charge in [0.05, 0.1) is 11.6 Å². The molecule has 0 heterocycles. The van der Waals surface area contributed by atoms with Crippen molar-refractivity contribution >= 4 is 34.8 Å². The summed E-state index contributed by atoms with van der Waals surface area (Å²) in [6, 6.07) is 15.1. The standard InChI is InChI=1S/C24H21ClFN3O3/c25-14-10-19-17(20(26)11-14)8-9-21(19)29(24(32)18-6-1-2-7-22(18)30)13-23(31)28-16-5-3-4-15(27)12-16/h1-7,10-12,21,30H,8-9,13,27H2,(H,28,31)/t21-/m1/s1. The van der Waals surface area contributed by atoms with Crippen LogP contribution in [0.4, 0.5) is 15.8 Å². The van der Waals surface area contributed by atoms with E-state index in [2.05, 4.69) is 5.32 Å². The van der Waals surface area contributed by atoms with Crippen LogP contribution in [0.15, 0.2) is 60.7 Å². The Morgan fingerprint density at radius 1 is 1.16 bits per heavy atom. The van der Waals surface area contributed by atoms with Gasteiger partial charge in [0.1, 0.15) is 18.1 Å². The zero-order valence-corrected chi connectivity index (χ0v) is 17.8. The molecular weight excluding hydrogens is 433 g/mol. The lowest BCUT2D eigenvalue weighted by molar-refractivity contribution is -0.117. The molecule has 4 rings (SSSR count). The molecule has 0 aromatic heterocycles. The monoisotopic (exact) mass is 453 g/mol. The molecule has 164 valence electrons. The van der Waals surface area contributed by atoms with E-state index in [1.807, 2.05) is 0 Å². The van der Waals surface area contributed by atoms with E-state index in [1.54, 1.807) is 42.5 Å². The molecule has 8 heteroatoms. The molecule has 1 atom stereocenters. The number of nitrogens with zero attached hydrogens (tertiary/aromatic N) is 1. The first-order valence-electron chi connectivity index (χ1n) is 10.1. The van der Waals surface area contributed by atoms with E-state index in [-0.39, 0.29) is 22.9 Å². The van der Waals surface area contributed by atoms with E-state index < -0.39 is 23.7 Å². The number of carbonyl (C=O) groups is 2. The maximum atomic E-state index is 14.4. The van der Waals surface area contributed by atoms with Crippen LogP contribution in [-0.2, 0) is 11.2 Å². The molecule has 0 unspecified atom stereocenters. The first-order valence-corrected chi connectivity index (χ1v) is 10.4. The maximum absolute atomic E-state index is 14.4. The molecule has 0 aliphatic heterocycles. The van der Waals surface area contributed by atoms with Gasteiger partial charge in [0.2, 0.25) is 5.91 Å². The summed E-state index contributed by atoms with van der Waals surface area (Å²) in [5, 5.41) is 13.2. The summed E-state index contributed by atoms with van der Waals surface area (Å²) in [5.74, 6) is -1.62. The van der Waals surface area contributed by atoms with Gasteiger partial charge < -0.3 is 21.1 Å². The molecular formula is C24H21ClFN3O3. The Bertz CT molecular complexity index is 1200. The average molecular weight is 454 g/mol. The third-order valence-corrected chi connectivity index (χ3v) is 5.70. The molecule has 2 amide bonds. The first-order chi connectivity index (χ1) is 15.3. The summed E-state index contributed by atoms with van der Waals surface area (Å²) < 4.78 is 14.4. The molecule has 3 aromatic rings. The van der Waals surface area contributed by atoms with Gasteiger partial charge in [-0.25, -0.2) is 4.39 Å². The minimum absolute atomic E-state index is 0.0557. The lowest BCUT2D eigenvalue weighted by atomic mass is 10.0. The Hall–Kier alpha value is -3.58. The van der Waals surface area contributed by atoms with Crippen LogP contribution in [0.25, 0.3) is 0 Å². The number of nitrogens with two attached hydrogens (primary N) is 1. The summed E-state index contributed by atoms with van der Waals surface area (Å²) in [4.78, 5) is 27.6. The number of fused-ring (bicyclic) bond motifs is 1. The first kappa shape index (κ1) is 21.6. The highest BCUT2D eigenvalue weighted by atomic mass is 35.5. The molecule has 0 bridgehead atoms. The van der Waals surface area contributed by atoms with E-state index in [1.165, 1.54) is 23.1 Å². The van der Waals surface area contributed by atoms with E-state index >= 15 is 0 Å². The third-order valence-electron chi connectivity index (χ3n) is 5.48. The molecule has 1 aliphatic carbocycles. The average Bonchev–Trinajstić information content (AvgIpc) is 3.16. The molecule has 0 radical (unpaired) electrons. The highest BCUT2D eigenvalue weighted by Gasteiger charge is 2.35. The van der Waals surface area contributed by atoms with E-state index in [0.717, 1.165) is 0 Å². The lowest BCUT2D eigenvalue weighted by Gasteiger charge is -2.30. The quantitative estimate of drug-likeness (QED) is 0.494. The molecule has 4 N–H and O–H groups in total. The second-order valence-electron chi connectivity index (χ2n) is 7.63. The number of hydrogen-bond acceptors (Lipinski definition) is 4. The zero-order chi connectivity index (χ0) is 22.8. The fourth-order valence-electron chi connectivity index (χ4n) is 4.05. The van der Waals surface area contributed by atoms with Gasteiger partial charge in [-0.1, -0.05) is 29.8 Å². The van der Waals surface area contributed by atoms with Crippen molar-refractivity contribution in [1.82, 2.24) is 4.90 Å². The molecule has 3 aromatic carbocycles. The number of anilines is 2. The summed E-state index contributed by atoms with van der Waals surface area (Å²) in [5.41, 5.74) is 7.84. The van der Waals surface area contributed by atoms with Crippen LogP contribution < -0.4 is 11.1 Å². The van der Waals surface area contributed by atoms with Gasteiger partial charge >= 0.3 is 0 Å². The van der Waals surface area contributed by atoms with Gasteiger partial charge in [0.25, 0.3) is 5.91 Å². The lowest BCUT2D eigenvalue weighted by Crippen LogP contribution is -2.40. The number of aromatic hydroxyl groups is 1. The van der Waals surface area contributed by atoms with Gasteiger partial charge in [-0.2, -0.15) is 0 Å². The van der Waals surface area contributed by atoms with Crippen LogP contribution in [0, 0.1) is 5.82 Å². The van der Waals surface area contributed by atoms with Crippen LogP contribution in [0.2, 0.25) is 5.02 Å². The van der Waals surface area contributed by atoms with Gasteiger partial charge in [-0.05, 0) is 66.4 Å². The third kappa shape index (κ3) is 4.38. The van der Waals surface area contributed by atoms with Crippen molar-refractivity contribution in [3.05, 3.63) is 88.2 Å². The minimum Gasteiger partial charge on any atom is -0.507 e. The smallest absolute Gasteiger partial charge is 0.258 e. The van der Waals surface area contributed by atoms with Crippen LogP contribution >= 0.6 is 11.6 Å². The number of amides is 2. The molecule has 0 fully saturated rings. The minimum atomic E-state index is -0.572. The topological polar surface area (TPSA) is 95.7 Å². The normalized spacial score (nSPS) is 14.6. The van der Waals surface area contributed by atoms with Crippen LogP contribution in [-0.4, -0.2) is 28.4 Å². The van der Waals surface area contributed by atoms with Crippen LogP contribution in [0.5, 0.6) is 5.75 Å². The van der Waals surface area contributed by atoms with Crippen LogP contribution in [0.3, 0.4) is 0 Å². The summed E-state index contributed by atoms with van der Waals surface area (Å²) in [6.07, 6.45) is 0.835. The Labute approximate surface area is 189 Å². The Kier molecular flexibility index (Phi) is 6.01. The van der Waals surface area contributed by atoms with Crippen molar-refractivity contribution < 1.29 is 19.1 Å². The molecule has 6 nitrogen and oxygen atoms in total. The van der Waals surface area contributed by atoms with E-state index in [0.29, 0.717) is 35.3 Å². The Morgan fingerprint density at radius 2 is 1.94 bits per heavy atom. The van der Waals surface area contributed by atoms with Crippen LogP contribution in [0.1, 0.15) is 33.9 Å². The van der Waals surface area contributed by atoms with Crippen molar-refractivity contribution in [1.29, 1.82) is 0 Å². The second-order valence-corrected chi connectivity index (χ2v) is 8.07. The summed E-state index contributed by atoms with van der Waals surface area (Å²) >= 11 is 6.07. The number of phenols is 1. The summed E-state index contributed by atoms with van der Waals surface area (Å²) in [7, 11) is 0. The zero-order valence-electron chi connectivity index (χ0n) is 17.0. The number of phenolic OH excluding ortho intramolecular Hbond substituents is 1. The number of rotatable bonds is 5. The highest BCUT2D eigenvalue weighted by Crippen LogP contribution is 2.40. The van der Waals surface area contributed by atoms with Gasteiger partial charge in [0.15, 0.2) is 0 Å². The number of nitrogens with one attached hydrogen (secondary N) is 1. The molecule has 0 saturated heterocycles. The number of halogens is 2. The number of hydrogen-bond donors (Lipinski definition) is 3. The largest absolute Gasteiger partial charge is 0.507 e. The molecule has 1 aliphatic rings. The number of para-hydroxylation sites is 1. The number of nitrogen functional groups attached to an aromatic ring is 1. The van der Waals surface area contributed by atoms with Gasteiger partial charge in [-0.3, -0.25) is 9.59 Å². The maximum Gasteiger partial charge on any atom is 0.258 e. The van der Waals surface area contributed by atoms with Gasteiger partial charge in [-0.15, -0.1) is 0 Å². The fourth-order valence-corrected chi connectivity index (χ4v) is 4.26. The fraction of sp³-hybridized carbons (Fsp3) is 0.167. The summed E-state index contributed by atoms with van der Waals surface area (Å²) in [6.45, 7) is -0.305. The van der Waals surface area contributed by atoms with Crippen molar-refractivity contribution in [2.45, 2.75) is 18.9 Å². The predicted molar refractivity (Wildman–Crippen MR) is 121 cm³/mol. The molecule has 0 saturated carbocycles. The van der Waals surface area contributed by atoms with E-state index in [4.69, 9.17) is 17.3 Å². The van der Waals surface area contributed by atoms with Crippen molar-refractivity contribution in [3.8, 4) is 5.75 Å². The van der Waals surface area contributed by atoms with Crippen molar-refractivity contribution in [2.75, 3.05) is 17.6 Å². The number of carbonyl (C=O) groups excluding carboxylic acids is 2. The highest BCUT2D eigenvalue weighted by molar-refractivity contribution is 6.30. The molecule has 32 heavy (non-hydrogen) atoms. The van der Waals surface area contributed by atoms with Crippen molar-refractivity contribution in [2.24, 2.45) is 0 Å². The second kappa shape index (κ2) is 8.88.